The van der Waals surface area contributed by atoms with Gasteiger partial charge in [-0.3, -0.25) is 0 Å². The van der Waals surface area contributed by atoms with Crippen molar-refractivity contribution < 1.29 is 24.9 Å². The molecule has 0 aromatic carbocycles. The lowest BCUT2D eigenvalue weighted by Crippen LogP contribution is -2.00. The first-order valence-corrected chi connectivity index (χ1v) is 3.66. The summed E-state index contributed by atoms with van der Waals surface area (Å²) in [6, 6.07) is 0. The molecule has 0 fully saturated rings. The van der Waals surface area contributed by atoms with Crippen molar-refractivity contribution in [3.8, 4) is 0 Å². The fourth-order valence-corrected chi connectivity index (χ4v) is 0.285. The lowest BCUT2D eigenvalue weighted by Gasteiger charge is -1.99. The Balaban J connectivity index is 2.69. The van der Waals surface area contributed by atoms with Gasteiger partial charge in [0.15, 0.2) is 0 Å². The van der Waals surface area contributed by atoms with Gasteiger partial charge in [-0.25, -0.2) is 9.78 Å². The van der Waals surface area contributed by atoms with Crippen LogP contribution < -0.4 is 0 Å². The fraction of sp³-hybridized carbons (Fsp3) is 1.00. The predicted molar refractivity (Wildman–Crippen MR) is 35.7 cm³/mol. The molecule has 0 saturated carbocycles. The van der Waals surface area contributed by atoms with E-state index in [0.717, 1.165) is 12.8 Å². The summed E-state index contributed by atoms with van der Waals surface area (Å²) in [5.41, 5.74) is 0. The Hall–Kier alpha value is -0.200. The molecule has 0 aliphatic carbocycles. The zero-order valence-corrected chi connectivity index (χ0v) is 6.87. The third-order valence-electron chi connectivity index (χ3n) is 0.727. The second kappa shape index (κ2) is 9.80. The van der Waals surface area contributed by atoms with Gasteiger partial charge in [0.05, 0.1) is 13.2 Å². The highest BCUT2D eigenvalue weighted by molar-refractivity contribution is 4.13. The van der Waals surface area contributed by atoms with Crippen LogP contribution in [-0.2, 0) is 24.9 Å². The van der Waals surface area contributed by atoms with Gasteiger partial charge in [-0.05, 0) is 28.0 Å². The van der Waals surface area contributed by atoms with Crippen LogP contribution in [0.25, 0.3) is 0 Å². The first kappa shape index (κ1) is 10.8. The first-order chi connectivity index (χ1) is 5.41. The van der Waals surface area contributed by atoms with Crippen LogP contribution in [0.15, 0.2) is 0 Å². The second-order valence-corrected chi connectivity index (χ2v) is 1.85. The van der Waals surface area contributed by atoms with Gasteiger partial charge in [0.25, 0.3) is 0 Å². The minimum absolute atomic E-state index is 0.455. The molecule has 0 spiro atoms. The van der Waals surface area contributed by atoms with Crippen LogP contribution in [0, 0.1) is 0 Å². The van der Waals surface area contributed by atoms with Crippen molar-refractivity contribution in [1.82, 2.24) is 0 Å². The van der Waals surface area contributed by atoms with E-state index in [4.69, 9.17) is 0 Å². The molecule has 0 atom stereocenters. The summed E-state index contributed by atoms with van der Waals surface area (Å²) in [7, 11) is 0. The van der Waals surface area contributed by atoms with Gasteiger partial charge < -0.3 is 0 Å². The smallest absolute Gasteiger partial charge is 0.0852 e. The topological polar surface area (TPSA) is 46.2 Å². The summed E-state index contributed by atoms with van der Waals surface area (Å²) in [6.45, 7) is 4.80. The van der Waals surface area contributed by atoms with E-state index in [9.17, 15) is 0 Å². The molecule has 0 aromatic heterocycles. The molecule has 68 valence electrons. The Bertz CT molecular complexity index is 60.0. The molecular formula is C6H14O5. The summed E-state index contributed by atoms with van der Waals surface area (Å²) in [5, 5.41) is 12.1. The van der Waals surface area contributed by atoms with E-state index in [0.29, 0.717) is 13.2 Å². The van der Waals surface area contributed by atoms with E-state index in [1.54, 1.807) is 0 Å². The van der Waals surface area contributed by atoms with E-state index < -0.39 is 0 Å². The van der Waals surface area contributed by atoms with E-state index in [1.807, 2.05) is 13.8 Å². The number of rotatable bonds is 8. The van der Waals surface area contributed by atoms with Crippen molar-refractivity contribution >= 4 is 0 Å². The highest BCUT2D eigenvalue weighted by Crippen LogP contribution is 1.88. The first-order valence-electron chi connectivity index (χ1n) is 3.66. The number of hydrogen-bond acceptors (Lipinski definition) is 5. The van der Waals surface area contributed by atoms with Gasteiger partial charge in [0.1, 0.15) is 0 Å². The molecular weight excluding hydrogens is 152 g/mol. The van der Waals surface area contributed by atoms with Crippen molar-refractivity contribution in [1.29, 1.82) is 0 Å². The average molecular weight is 166 g/mol. The lowest BCUT2D eigenvalue weighted by molar-refractivity contribution is -0.708. The molecule has 0 heterocycles. The Morgan fingerprint density at radius 1 is 0.727 bits per heavy atom. The lowest BCUT2D eigenvalue weighted by atomic mass is 10.5. The third-order valence-corrected chi connectivity index (χ3v) is 0.727. The Kier molecular flexibility index (Phi) is 9.62. The van der Waals surface area contributed by atoms with Gasteiger partial charge in [0, 0.05) is 0 Å². The summed E-state index contributed by atoms with van der Waals surface area (Å²) < 4.78 is 0. The zero-order chi connectivity index (χ0) is 8.36. The van der Waals surface area contributed by atoms with Crippen LogP contribution in [0.4, 0.5) is 0 Å². The van der Waals surface area contributed by atoms with Gasteiger partial charge in [-0.2, -0.15) is 0 Å². The normalized spacial score (nSPS) is 10.4. The monoisotopic (exact) mass is 166 g/mol. The van der Waals surface area contributed by atoms with E-state index >= 15 is 0 Å². The van der Waals surface area contributed by atoms with Crippen LogP contribution in [0.2, 0.25) is 0 Å². The predicted octanol–water partition coefficient (Wildman–Crippen LogP) is 1.55. The SMILES string of the molecule is CCCOOOOOCCC. The molecule has 0 N–H and O–H groups in total. The molecule has 0 rings (SSSR count). The Labute approximate surface area is 65.8 Å². The fourth-order valence-electron chi connectivity index (χ4n) is 0.285. The molecule has 0 aromatic rings. The molecule has 0 aliphatic rings. The van der Waals surface area contributed by atoms with Crippen LogP contribution in [-0.4, -0.2) is 13.2 Å². The van der Waals surface area contributed by atoms with Crippen LogP contribution in [0.3, 0.4) is 0 Å². The molecule has 0 bridgehead atoms. The highest BCUT2D eigenvalue weighted by atomic mass is 17.8. The summed E-state index contributed by atoms with van der Waals surface area (Å²) in [4.78, 5) is 8.87. The quantitative estimate of drug-likeness (QED) is 0.311. The maximum Gasteiger partial charge on any atom is 0.0852 e. The largest absolute Gasteiger partial charge is 0.204 e. The van der Waals surface area contributed by atoms with E-state index in [-0.39, 0.29) is 0 Å². The Morgan fingerprint density at radius 3 is 1.55 bits per heavy atom. The maximum atomic E-state index is 4.44. The van der Waals surface area contributed by atoms with Crippen LogP contribution in [0.5, 0.6) is 0 Å². The maximum absolute atomic E-state index is 4.44. The van der Waals surface area contributed by atoms with Crippen molar-refractivity contribution in [2.24, 2.45) is 0 Å². The van der Waals surface area contributed by atoms with Crippen molar-refractivity contribution in [2.75, 3.05) is 13.2 Å². The molecule has 5 heteroatoms. The number of hydrogen-bond donors (Lipinski definition) is 0. The summed E-state index contributed by atoms with van der Waals surface area (Å²) >= 11 is 0. The van der Waals surface area contributed by atoms with Gasteiger partial charge in [-0.15, -0.1) is 0 Å². The zero-order valence-electron chi connectivity index (χ0n) is 6.87. The minimum atomic E-state index is 0.455. The van der Waals surface area contributed by atoms with Crippen LogP contribution in [0.1, 0.15) is 26.7 Å². The molecule has 11 heavy (non-hydrogen) atoms. The van der Waals surface area contributed by atoms with Crippen molar-refractivity contribution in [3.63, 3.8) is 0 Å². The molecule has 5 nitrogen and oxygen atoms in total. The summed E-state index contributed by atoms with van der Waals surface area (Å²) in [6.07, 6.45) is 1.69. The molecule has 0 amide bonds. The van der Waals surface area contributed by atoms with Crippen molar-refractivity contribution in [2.45, 2.75) is 26.7 Å². The minimum Gasteiger partial charge on any atom is -0.204 e. The average Bonchev–Trinajstić information content (AvgIpc) is 2.03. The Morgan fingerprint density at radius 2 is 1.18 bits per heavy atom. The van der Waals surface area contributed by atoms with Gasteiger partial charge in [0.2, 0.25) is 0 Å². The molecule has 0 aliphatic heterocycles. The molecule has 0 unspecified atom stereocenters. The second-order valence-electron chi connectivity index (χ2n) is 1.85. The standard InChI is InChI=1S/C6H14O5/c1-3-5-7-9-11-10-8-6-4-2/h3-6H2,1-2H3. The van der Waals surface area contributed by atoms with E-state index in [1.165, 1.54) is 0 Å². The third kappa shape index (κ3) is 9.80. The van der Waals surface area contributed by atoms with E-state index in [2.05, 4.69) is 24.9 Å². The van der Waals surface area contributed by atoms with Crippen molar-refractivity contribution in [3.05, 3.63) is 0 Å². The molecule has 0 saturated heterocycles. The molecule has 0 radical (unpaired) electrons. The van der Waals surface area contributed by atoms with Gasteiger partial charge in [-0.1, -0.05) is 13.8 Å². The highest BCUT2D eigenvalue weighted by Gasteiger charge is 1.89. The summed E-state index contributed by atoms with van der Waals surface area (Å²) in [5.74, 6) is 0. The van der Waals surface area contributed by atoms with Gasteiger partial charge >= 0.3 is 0 Å². The van der Waals surface area contributed by atoms with Crippen LogP contribution >= 0.6 is 0 Å².